The standard InChI is InChI=1S/C13H10F4N2O2/c14-11(15)9-5-10(12(16)17)19(18-9)6-7-2-1-3-8(4-7)13(20)21/h1-5,11-12H,6H2,(H,20,21)/p-1. The van der Waals surface area contributed by atoms with Crippen LogP contribution in [-0.4, -0.2) is 15.7 Å². The van der Waals surface area contributed by atoms with Crippen LogP contribution in [0.4, 0.5) is 17.6 Å². The molecule has 0 amide bonds. The third kappa shape index (κ3) is 3.39. The Morgan fingerprint density at radius 3 is 2.48 bits per heavy atom. The van der Waals surface area contributed by atoms with Crippen LogP contribution < -0.4 is 5.11 Å². The Hall–Kier alpha value is -2.38. The highest BCUT2D eigenvalue weighted by atomic mass is 19.3. The second kappa shape index (κ2) is 5.94. The minimum Gasteiger partial charge on any atom is -0.545 e. The summed E-state index contributed by atoms with van der Waals surface area (Å²) in [6, 6.07) is 6.01. The Kier molecular flexibility index (Phi) is 4.25. The van der Waals surface area contributed by atoms with Gasteiger partial charge in [-0.1, -0.05) is 18.2 Å². The van der Waals surface area contributed by atoms with E-state index < -0.39 is 30.2 Å². The van der Waals surface area contributed by atoms with E-state index in [0.29, 0.717) is 11.6 Å². The van der Waals surface area contributed by atoms with Gasteiger partial charge in [-0.2, -0.15) is 5.10 Å². The first-order chi connectivity index (χ1) is 9.88. The summed E-state index contributed by atoms with van der Waals surface area (Å²) in [5, 5.41) is 14.1. The number of benzene rings is 1. The van der Waals surface area contributed by atoms with Gasteiger partial charge in [0.2, 0.25) is 0 Å². The molecule has 0 bridgehead atoms. The van der Waals surface area contributed by atoms with Crippen molar-refractivity contribution < 1.29 is 27.5 Å². The Balaban J connectivity index is 2.34. The zero-order chi connectivity index (χ0) is 15.6. The summed E-state index contributed by atoms with van der Waals surface area (Å²) in [7, 11) is 0. The van der Waals surface area contributed by atoms with Gasteiger partial charge in [0.15, 0.2) is 0 Å². The van der Waals surface area contributed by atoms with E-state index in [0.717, 1.165) is 4.68 Å². The molecule has 0 unspecified atom stereocenters. The quantitative estimate of drug-likeness (QED) is 0.795. The molecule has 0 aliphatic rings. The van der Waals surface area contributed by atoms with E-state index in [1.54, 1.807) is 0 Å². The topological polar surface area (TPSA) is 57.9 Å². The molecule has 0 saturated carbocycles. The molecule has 0 saturated heterocycles. The lowest BCUT2D eigenvalue weighted by atomic mass is 10.1. The smallest absolute Gasteiger partial charge is 0.282 e. The first kappa shape index (κ1) is 15.0. The number of carbonyl (C=O) groups is 1. The zero-order valence-corrected chi connectivity index (χ0v) is 10.5. The van der Waals surface area contributed by atoms with Gasteiger partial charge in [-0.25, -0.2) is 17.6 Å². The third-order valence-corrected chi connectivity index (χ3v) is 2.77. The van der Waals surface area contributed by atoms with Gasteiger partial charge in [0.05, 0.1) is 12.5 Å². The lowest BCUT2D eigenvalue weighted by Gasteiger charge is -2.09. The molecule has 4 nitrogen and oxygen atoms in total. The number of carboxylic acid groups (broad SMARTS) is 1. The van der Waals surface area contributed by atoms with Crippen LogP contribution in [0, 0.1) is 0 Å². The van der Waals surface area contributed by atoms with E-state index >= 15 is 0 Å². The van der Waals surface area contributed by atoms with Crippen molar-refractivity contribution in [1.82, 2.24) is 9.78 Å². The first-order valence-corrected chi connectivity index (χ1v) is 5.82. The molecule has 0 aliphatic heterocycles. The van der Waals surface area contributed by atoms with E-state index in [1.807, 2.05) is 0 Å². The molecule has 0 aliphatic carbocycles. The summed E-state index contributed by atoms with van der Waals surface area (Å²) >= 11 is 0. The Morgan fingerprint density at radius 2 is 1.90 bits per heavy atom. The number of carbonyl (C=O) groups excluding carboxylic acids is 1. The van der Waals surface area contributed by atoms with E-state index in [4.69, 9.17) is 0 Å². The largest absolute Gasteiger partial charge is 0.545 e. The summed E-state index contributed by atoms with van der Waals surface area (Å²) in [4.78, 5) is 10.7. The van der Waals surface area contributed by atoms with Crippen molar-refractivity contribution in [1.29, 1.82) is 0 Å². The molecule has 8 heteroatoms. The minimum atomic E-state index is -2.96. The van der Waals surface area contributed by atoms with Crippen LogP contribution in [0.3, 0.4) is 0 Å². The molecule has 0 radical (unpaired) electrons. The number of hydrogen-bond acceptors (Lipinski definition) is 3. The molecular formula is C13H9F4N2O2-. The summed E-state index contributed by atoms with van der Waals surface area (Å²) in [5.74, 6) is -1.42. The molecule has 1 aromatic heterocycles. The monoisotopic (exact) mass is 301 g/mol. The maximum Gasteiger partial charge on any atom is 0.282 e. The number of aromatic carboxylic acids is 1. The number of alkyl halides is 4. The molecule has 1 heterocycles. The van der Waals surface area contributed by atoms with Crippen LogP contribution in [0.15, 0.2) is 30.3 Å². The maximum atomic E-state index is 12.8. The average Bonchev–Trinajstić information content (AvgIpc) is 2.83. The average molecular weight is 301 g/mol. The van der Waals surface area contributed by atoms with Crippen molar-refractivity contribution in [3.63, 3.8) is 0 Å². The van der Waals surface area contributed by atoms with Gasteiger partial charge in [0.25, 0.3) is 12.9 Å². The van der Waals surface area contributed by atoms with Gasteiger partial charge < -0.3 is 9.90 Å². The van der Waals surface area contributed by atoms with E-state index in [2.05, 4.69) is 5.10 Å². The Bertz CT molecular complexity index is 655. The molecule has 21 heavy (non-hydrogen) atoms. The second-order valence-electron chi connectivity index (χ2n) is 4.24. The van der Waals surface area contributed by atoms with Gasteiger partial charge in [-0.05, 0) is 23.3 Å². The van der Waals surface area contributed by atoms with Crippen molar-refractivity contribution in [3.8, 4) is 0 Å². The Morgan fingerprint density at radius 1 is 1.19 bits per heavy atom. The number of hydrogen-bond donors (Lipinski definition) is 0. The number of aromatic nitrogens is 2. The fraction of sp³-hybridized carbons (Fsp3) is 0.231. The summed E-state index contributed by atoms with van der Waals surface area (Å²) < 4.78 is 51.4. The van der Waals surface area contributed by atoms with Crippen LogP contribution in [0.5, 0.6) is 0 Å². The second-order valence-corrected chi connectivity index (χ2v) is 4.24. The van der Waals surface area contributed by atoms with Crippen LogP contribution in [-0.2, 0) is 6.54 Å². The lowest BCUT2D eigenvalue weighted by Crippen LogP contribution is -2.22. The normalized spacial score (nSPS) is 11.3. The van der Waals surface area contributed by atoms with Crippen molar-refractivity contribution in [2.45, 2.75) is 19.4 Å². The fourth-order valence-electron chi connectivity index (χ4n) is 1.83. The summed E-state index contributed by atoms with van der Waals surface area (Å²) in [5.41, 5.74) is -1.19. The van der Waals surface area contributed by atoms with Crippen molar-refractivity contribution >= 4 is 5.97 Å². The van der Waals surface area contributed by atoms with E-state index in [1.165, 1.54) is 24.3 Å². The zero-order valence-electron chi connectivity index (χ0n) is 10.5. The first-order valence-electron chi connectivity index (χ1n) is 5.82. The molecule has 2 rings (SSSR count). The third-order valence-electron chi connectivity index (χ3n) is 2.77. The van der Waals surface area contributed by atoms with Crippen LogP contribution in [0.1, 0.15) is 40.2 Å². The summed E-state index contributed by atoms with van der Waals surface area (Å²) in [6.07, 6.45) is -5.92. The van der Waals surface area contributed by atoms with Crippen LogP contribution in [0.2, 0.25) is 0 Å². The lowest BCUT2D eigenvalue weighted by molar-refractivity contribution is -0.255. The molecule has 1 aromatic carbocycles. The molecule has 2 aromatic rings. The summed E-state index contributed by atoms with van der Waals surface area (Å²) in [6.45, 7) is -0.243. The van der Waals surface area contributed by atoms with Crippen LogP contribution in [0.25, 0.3) is 0 Å². The van der Waals surface area contributed by atoms with Gasteiger partial charge in [-0.15, -0.1) is 0 Å². The number of halogens is 4. The highest BCUT2D eigenvalue weighted by molar-refractivity contribution is 5.85. The number of rotatable bonds is 5. The Labute approximate surface area is 116 Å². The molecular weight excluding hydrogens is 292 g/mol. The van der Waals surface area contributed by atoms with Gasteiger partial charge in [0.1, 0.15) is 11.4 Å². The predicted molar refractivity (Wildman–Crippen MR) is 62.0 cm³/mol. The molecule has 0 fully saturated rings. The van der Waals surface area contributed by atoms with Gasteiger partial charge >= 0.3 is 0 Å². The molecule has 0 spiro atoms. The van der Waals surface area contributed by atoms with Crippen molar-refractivity contribution in [2.75, 3.05) is 0 Å². The van der Waals surface area contributed by atoms with Crippen molar-refractivity contribution in [3.05, 3.63) is 52.8 Å². The molecule has 0 N–H and O–H groups in total. The van der Waals surface area contributed by atoms with Gasteiger partial charge in [-0.3, -0.25) is 4.68 Å². The minimum absolute atomic E-state index is 0.132. The van der Waals surface area contributed by atoms with Crippen LogP contribution >= 0.6 is 0 Å². The maximum absolute atomic E-state index is 12.8. The fourth-order valence-corrected chi connectivity index (χ4v) is 1.83. The number of nitrogens with zero attached hydrogens (tertiary/aromatic N) is 2. The van der Waals surface area contributed by atoms with E-state index in [9.17, 15) is 27.5 Å². The highest BCUT2D eigenvalue weighted by Crippen LogP contribution is 2.25. The predicted octanol–water partition coefficient (Wildman–Crippen LogP) is 2.17. The van der Waals surface area contributed by atoms with Crippen molar-refractivity contribution in [2.24, 2.45) is 0 Å². The molecule has 0 atom stereocenters. The SMILES string of the molecule is O=C([O-])c1cccc(Cn2nc(C(F)F)cc2C(F)F)c1. The number of carboxylic acids is 1. The van der Waals surface area contributed by atoms with E-state index in [-0.39, 0.29) is 12.1 Å². The highest BCUT2D eigenvalue weighted by Gasteiger charge is 2.21. The van der Waals surface area contributed by atoms with Gasteiger partial charge in [0, 0.05) is 0 Å². The molecule has 112 valence electrons.